The van der Waals surface area contributed by atoms with E-state index < -0.39 is 0 Å². The molecule has 2 aliphatic heterocycles. The predicted octanol–water partition coefficient (Wildman–Crippen LogP) is 2.93. The van der Waals surface area contributed by atoms with E-state index in [1.165, 1.54) is 62.2 Å². The fourth-order valence-corrected chi connectivity index (χ4v) is 4.34. The molecule has 21 heavy (non-hydrogen) atoms. The van der Waals surface area contributed by atoms with Crippen LogP contribution in [0.15, 0.2) is 0 Å². The quantitative estimate of drug-likeness (QED) is 0.910. The Bertz CT molecular complexity index is 484. The van der Waals surface area contributed by atoms with E-state index in [9.17, 15) is 0 Å². The molecule has 1 saturated heterocycles. The highest BCUT2D eigenvalue weighted by Crippen LogP contribution is 2.36. The molecule has 0 radical (unpaired) electrons. The zero-order valence-electron chi connectivity index (χ0n) is 12.9. The van der Waals surface area contributed by atoms with E-state index in [1.807, 2.05) is 0 Å². The van der Waals surface area contributed by atoms with Crippen LogP contribution in [0.4, 0.5) is 0 Å². The third-order valence-corrected chi connectivity index (χ3v) is 5.42. The van der Waals surface area contributed by atoms with Crippen LogP contribution in [0, 0.1) is 0 Å². The van der Waals surface area contributed by atoms with Crippen LogP contribution in [0.1, 0.15) is 74.1 Å². The number of hydrogen-bond acceptors (Lipinski definition) is 3. The molecule has 116 valence electrons. The van der Waals surface area contributed by atoms with Crippen LogP contribution in [0.3, 0.4) is 0 Å². The molecule has 4 heteroatoms. The molecule has 1 saturated carbocycles. The van der Waals surface area contributed by atoms with Gasteiger partial charge in [-0.15, -0.1) is 0 Å². The summed E-state index contributed by atoms with van der Waals surface area (Å²) in [5.41, 5.74) is 2.82. The third-order valence-electron chi connectivity index (χ3n) is 5.42. The summed E-state index contributed by atoms with van der Waals surface area (Å²) in [6, 6.07) is 0.532. The van der Waals surface area contributed by atoms with Crippen LogP contribution in [0.5, 0.6) is 0 Å². The fourth-order valence-electron chi connectivity index (χ4n) is 4.34. The minimum absolute atomic E-state index is 0.532. The summed E-state index contributed by atoms with van der Waals surface area (Å²) in [5.74, 6) is 2.07. The molecule has 1 atom stereocenters. The van der Waals surface area contributed by atoms with Gasteiger partial charge in [-0.05, 0) is 25.7 Å². The van der Waals surface area contributed by atoms with Gasteiger partial charge in [0.25, 0.3) is 0 Å². The van der Waals surface area contributed by atoms with Crippen molar-refractivity contribution in [2.75, 3.05) is 19.8 Å². The van der Waals surface area contributed by atoms with Gasteiger partial charge in [-0.2, -0.15) is 0 Å². The Morgan fingerprint density at radius 3 is 2.81 bits per heavy atom. The average Bonchev–Trinajstić information content (AvgIpc) is 2.96. The first-order valence-electron chi connectivity index (χ1n) is 8.82. The lowest BCUT2D eigenvalue weighted by molar-refractivity contribution is 0.0565. The molecule has 0 spiro atoms. The Hall–Kier alpha value is -0.870. The van der Waals surface area contributed by atoms with Crippen LogP contribution in [0.25, 0.3) is 0 Å². The lowest BCUT2D eigenvalue weighted by atomic mass is 9.88. The monoisotopic (exact) mass is 289 g/mol. The van der Waals surface area contributed by atoms with Gasteiger partial charge < -0.3 is 14.6 Å². The van der Waals surface area contributed by atoms with E-state index in [1.54, 1.807) is 0 Å². The van der Waals surface area contributed by atoms with Crippen molar-refractivity contribution in [2.24, 2.45) is 0 Å². The smallest absolute Gasteiger partial charge is 0.112 e. The lowest BCUT2D eigenvalue weighted by Gasteiger charge is -2.30. The van der Waals surface area contributed by atoms with Gasteiger partial charge in [-0.1, -0.05) is 19.3 Å². The van der Waals surface area contributed by atoms with Crippen LogP contribution < -0.4 is 5.32 Å². The largest absolute Gasteiger partial charge is 0.379 e. The molecule has 1 unspecified atom stereocenters. The molecule has 0 amide bonds. The van der Waals surface area contributed by atoms with Gasteiger partial charge in [0.2, 0.25) is 0 Å². The Morgan fingerprint density at radius 1 is 1.10 bits per heavy atom. The standard InChI is InChI=1S/C17H27N3O/c1-2-5-13(6-3-1)17-19-15-11-18-9-8-16(15)20(17)14-7-4-10-21-12-14/h13-14,18H,1-12H2. The molecule has 4 nitrogen and oxygen atoms in total. The van der Waals surface area contributed by atoms with Crippen molar-refractivity contribution in [3.05, 3.63) is 17.2 Å². The molecule has 1 aromatic heterocycles. The first-order chi connectivity index (χ1) is 10.4. The van der Waals surface area contributed by atoms with Crippen molar-refractivity contribution < 1.29 is 4.74 Å². The highest BCUT2D eigenvalue weighted by Gasteiger charge is 2.30. The minimum atomic E-state index is 0.532. The maximum absolute atomic E-state index is 5.78. The van der Waals surface area contributed by atoms with Crippen molar-refractivity contribution in [3.8, 4) is 0 Å². The third kappa shape index (κ3) is 2.64. The van der Waals surface area contributed by atoms with Gasteiger partial charge in [-0.3, -0.25) is 0 Å². The Labute approximate surface area is 127 Å². The average molecular weight is 289 g/mol. The van der Waals surface area contributed by atoms with Crippen molar-refractivity contribution in [1.82, 2.24) is 14.9 Å². The second-order valence-corrected chi connectivity index (χ2v) is 6.87. The van der Waals surface area contributed by atoms with E-state index >= 15 is 0 Å². The number of aromatic nitrogens is 2. The van der Waals surface area contributed by atoms with E-state index in [-0.39, 0.29) is 0 Å². The number of fused-ring (bicyclic) bond motifs is 1. The first kappa shape index (κ1) is 13.8. The second-order valence-electron chi connectivity index (χ2n) is 6.87. The minimum Gasteiger partial charge on any atom is -0.379 e. The molecule has 4 rings (SSSR count). The summed E-state index contributed by atoms with van der Waals surface area (Å²) in [4.78, 5) is 5.09. The van der Waals surface area contributed by atoms with Gasteiger partial charge in [-0.25, -0.2) is 4.98 Å². The first-order valence-corrected chi connectivity index (χ1v) is 8.82. The molecular formula is C17H27N3O. The van der Waals surface area contributed by atoms with Crippen molar-refractivity contribution in [3.63, 3.8) is 0 Å². The SMILES string of the molecule is C1CCC(c2nc3c(n2C2CCCOC2)CCNC3)CC1. The number of nitrogens with zero attached hydrogens (tertiary/aromatic N) is 2. The molecule has 2 fully saturated rings. The molecule has 0 bridgehead atoms. The predicted molar refractivity (Wildman–Crippen MR) is 82.6 cm³/mol. The van der Waals surface area contributed by atoms with Gasteiger partial charge in [0.05, 0.1) is 18.3 Å². The second kappa shape index (κ2) is 6.09. The van der Waals surface area contributed by atoms with Crippen LogP contribution in [-0.2, 0) is 17.7 Å². The zero-order chi connectivity index (χ0) is 14.1. The van der Waals surface area contributed by atoms with E-state index in [0.29, 0.717) is 12.0 Å². The summed E-state index contributed by atoms with van der Waals surface area (Å²) in [5, 5.41) is 3.48. The number of hydrogen-bond donors (Lipinski definition) is 1. The highest BCUT2D eigenvalue weighted by atomic mass is 16.5. The van der Waals surface area contributed by atoms with Gasteiger partial charge in [0.15, 0.2) is 0 Å². The van der Waals surface area contributed by atoms with Crippen LogP contribution in [0.2, 0.25) is 0 Å². The Kier molecular flexibility index (Phi) is 3.99. The number of nitrogens with one attached hydrogen (secondary N) is 1. The molecule has 1 aliphatic carbocycles. The normalized spacial score (nSPS) is 27.5. The van der Waals surface area contributed by atoms with Gasteiger partial charge in [0.1, 0.15) is 5.82 Å². The maximum atomic E-state index is 5.78. The van der Waals surface area contributed by atoms with E-state index in [0.717, 1.165) is 32.7 Å². The molecule has 3 heterocycles. The Morgan fingerprint density at radius 2 is 2.00 bits per heavy atom. The lowest BCUT2D eigenvalue weighted by Crippen LogP contribution is -2.29. The molecule has 0 aromatic carbocycles. The number of rotatable bonds is 2. The zero-order valence-corrected chi connectivity index (χ0v) is 12.9. The van der Waals surface area contributed by atoms with Gasteiger partial charge in [0, 0.05) is 37.7 Å². The van der Waals surface area contributed by atoms with Crippen molar-refractivity contribution in [2.45, 2.75) is 69.9 Å². The fraction of sp³-hybridized carbons (Fsp3) is 0.824. The van der Waals surface area contributed by atoms with E-state index in [2.05, 4.69) is 9.88 Å². The molecule has 1 N–H and O–H groups in total. The van der Waals surface area contributed by atoms with E-state index in [4.69, 9.17) is 9.72 Å². The molecule has 1 aromatic rings. The summed E-state index contributed by atoms with van der Waals surface area (Å²) < 4.78 is 8.39. The molecule has 3 aliphatic rings. The van der Waals surface area contributed by atoms with Crippen LogP contribution >= 0.6 is 0 Å². The molecular weight excluding hydrogens is 262 g/mol. The topological polar surface area (TPSA) is 39.1 Å². The number of ether oxygens (including phenoxy) is 1. The summed E-state index contributed by atoms with van der Waals surface area (Å²) in [6.07, 6.45) is 10.4. The Balaban J connectivity index is 1.71. The summed E-state index contributed by atoms with van der Waals surface area (Å²) in [7, 11) is 0. The van der Waals surface area contributed by atoms with Crippen molar-refractivity contribution >= 4 is 0 Å². The summed E-state index contributed by atoms with van der Waals surface area (Å²) in [6.45, 7) is 3.87. The van der Waals surface area contributed by atoms with Crippen LogP contribution in [-0.4, -0.2) is 29.3 Å². The maximum Gasteiger partial charge on any atom is 0.112 e. The van der Waals surface area contributed by atoms with Crippen molar-refractivity contribution in [1.29, 1.82) is 0 Å². The number of imidazole rings is 1. The van der Waals surface area contributed by atoms with Gasteiger partial charge >= 0.3 is 0 Å². The summed E-state index contributed by atoms with van der Waals surface area (Å²) >= 11 is 0. The highest BCUT2D eigenvalue weighted by molar-refractivity contribution is 5.23.